The summed E-state index contributed by atoms with van der Waals surface area (Å²) in [6.07, 6.45) is 7.92. The number of aromatic nitrogens is 4. The summed E-state index contributed by atoms with van der Waals surface area (Å²) in [6.45, 7) is 2.32. The lowest BCUT2D eigenvalue weighted by Crippen LogP contribution is -2.30. The Bertz CT molecular complexity index is 1070. The molecule has 0 amide bonds. The molecule has 8 heteroatoms. The molecule has 0 atom stereocenters. The van der Waals surface area contributed by atoms with Crippen molar-refractivity contribution in [3.63, 3.8) is 0 Å². The number of rotatable bonds is 7. The number of pyridine rings is 1. The van der Waals surface area contributed by atoms with Crippen molar-refractivity contribution in [3.05, 3.63) is 65.9 Å². The molecular weight excluding hydrogens is 402 g/mol. The zero-order chi connectivity index (χ0) is 22.5. The first-order valence-corrected chi connectivity index (χ1v) is 11.1. The second-order valence-corrected chi connectivity index (χ2v) is 8.26. The number of ether oxygens (including phenoxy) is 1. The third-order valence-electron chi connectivity index (χ3n) is 5.78. The van der Waals surface area contributed by atoms with Gasteiger partial charge in [0.25, 0.3) is 0 Å². The lowest BCUT2D eigenvalue weighted by molar-refractivity contribution is 0.153. The summed E-state index contributed by atoms with van der Waals surface area (Å²) in [5.74, 6) is 7.59. The molecule has 3 aromatic rings. The number of nitrogens with zero attached hydrogens (tertiary/aromatic N) is 5. The Morgan fingerprint density at radius 1 is 1.12 bits per heavy atom. The van der Waals surface area contributed by atoms with Gasteiger partial charge in [0.1, 0.15) is 12.1 Å². The van der Waals surface area contributed by atoms with Gasteiger partial charge in [0.2, 0.25) is 0 Å². The van der Waals surface area contributed by atoms with Crippen molar-refractivity contribution in [1.29, 1.82) is 0 Å². The average molecular weight is 434 g/mol. The van der Waals surface area contributed by atoms with Crippen molar-refractivity contribution in [2.24, 2.45) is 11.6 Å². The van der Waals surface area contributed by atoms with E-state index in [-0.39, 0.29) is 6.10 Å². The fourth-order valence-electron chi connectivity index (χ4n) is 3.96. The quantitative estimate of drug-likeness (QED) is 0.434. The van der Waals surface area contributed by atoms with E-state index in [0.717, 1.165) is 29.8 Å². The van der Waals surface area contributed by atoms with Gasteiger partial charge in [-0.15, -0.1) is 0 Å². The first-order valence-electron chi connectivity index (χ1n) is 11.1. The molecule has 32 heavy (non-hydrogen) atoms. The van der Waals surface area contributed by atoms with Gasteiger partial charge < -0.3 is 15.5 Å². The Hall–Kier alpha value is -3.39. The Balaban J connectivity index is 1.54. The van der Waals surface area contributed by atoms with Crippen LogP contribution in [-0.4, -0.2) is 37.9 Å². The van der Waals surface area contributed by atoms with Gasteiger partial charge in [-0.05, 0) is 44.7 Å². The lowest BCUT2D eigenvalue weighted by atomic mass is 9.98. The SMILES string of the molecule is Cc1nc(/C(N)=C(\Cn2cnc(-c3ccccc3)n2)N(C)N)ccc1OC1CCCCC1. The largest absolute Gasteiger partial charge is 0.489 e. The first-order chi connectivity index (χ1) is 15.5. The number of aryl methyl sites for hydroxylation is 1. The van der Waals surface area contributed by atoms with E-state index in [1.807, 2.05) is 49.4 Å². The van der Waals surface area contributed by atoms with Crippen LogP contribution in [0.4, 0.5) is 0 Å². The number of hydrazine groups is 1. The number of hydrogen-bond acceptors (Lipinski definition) is 7. The van der Waals surface area contributed by atoms with Crippen molar-refractivity contribution >= 4 is 5.70 Å². The van der Waals surface area contributed by atoms with Crippen molar-refractivity contribution in [2.45, 2.75) is 51.7 Å². The van der Waals surface area contributed by atoms with Crippen molar-refractivity contribution < 1.29 is 4.74 Å². The maximum Gasteiger partial charge on any atom is 0.181 e. The molecular formula is C24H31N7O. The minimum Gasteiger partial charge on any atom is -0.489 e. The van der Waals surface area contributed by atoms with Crippen LogP contribution in [-0.2, 0) is 6.54 Å². The highest BCUT2D eigenvalue weighted by atomic mass is 16.5. The molecule has 168 valence electrons. The zero-order valence-corrected chi connectivity index (χ0v) is 18.7. The van der Waals surface area contributed by atoms with Crippen LogP contribution in [0, 0.1) is 6.92 Å². The van der Waals surface area contributed by atoms with Gasteiger partial charge >= 0.3 is 0 Å². The van der Waals surface area contributed by atoms with Crippen LogP contribution in [0.1, 0.15) is 43.5 Å². The molecule has 1 aromatic carbocycles. The highest BCUT2D eigenvalue weighted by Crippen LogP contribution is 2.26. The molecule has 0 spiro atoms. The Labute approximate surface area is 188 Å². The monoisotopic (exact) mass is 433 g/mol. The van der Waals surface area contributed by atoms with E-state index in [4.69, 9.17) is 21.3 Å². The molecule has 4 rings (SSSR count). The Morgan fingerprint density at radius 3 is 2.56 bits per heavy atom. The predicted octanol–water partition coefficient (Wildman–Crippen LogP) is 3.49. The van der Waals surface area contributed by atoms with Crippen LogP contribution in [0.5, 0.6) is 5.75 Å². The normalized spacial score (nSPS) is 15.3. The van der Waals surface area contributed by atoms with Crippen LogP contribution in [0.25, 0.3) is 17.1 Å². The predicted molar refractivity (Wildman–Crippen MR) is 125 cm³/mol. The van der Waals surface area contributed by atoms with E-state index < -0.39 is 0 Å². The third-order valence-corrected chi connectivity index (χ3v) is 5.78. The lowest BCUT2D eigenvalue weighted by Gasteiger charge is -2.24. The van der Waals surface area contributed by atoms with Gasteiger partial charge in [-0.1, -0.05) is 36.8 Å². The standard InChI is InChI=1S/C24H31N7O/c1-17-22(32-19-11-7-4-8-12-19)14-13-20(28-17)23(25)21(30(2)26)15-31-16-27-24(29-31)18-9-5-3-6-10-18/h3,5-6,9-10,13-14,16,19H,4,7-8,11-12,15,25-26H2,1-2H3/b23-21-. The number of benzene rings is 1. The van der Waals surface area contributed by atoms with Crippen LogP contribution < -0.4 is 16.3 Å². The fraction of sp³-hybridized carbons (Fsp3) is 0.375. The molecule has 1 saturated carbocycles. The molecule has 4 N–H and O–H groups in total. The summed E-state index contributed by atoms with van der Waals surface area (Å²) in [5.41, 5.74) is 10.1. The molecule has 8 nitrogen and oxygen atoms in total. The number of allylic oxidation sites excluding steroid dienone is 1. The summed E-state index contributed by atoms with van der Waals surface area (Å²) in [5, 5.41) is 6.07. The molecule has 2 heterocycles. The Kier molecular flexibility index (Phi) is 6.70. The van der Waals surface area contributed by atoms with Gasteiger partial charge in [-0.2, -0.15) is 5.10 Å². The van der Waals surface area contributed by atoms with Gasteiger partial charge in [0.15, 0.2) is 5.82 Å². The second-order valence-electron chi connectivity index (χ2n) is 8.26. The molecule has 0 unspecified atom stereocenters. The van der Waals surface area contributed by atoms with E-state index in [2.05, 4.69) is 10.1 Å². The third kappa shape index (κ3) is 5.08. The number of nitrogens with two attached hydrogens (primary N) is 2. The topological polar surface area (TPSA) is 108 Å². The molecule has 0 bridgehead atoms. The maximum absolute atomic E-state index is 6.50. The van der Waals surface area contributed by atoms with Crippen LogP contribution in [0.3, 0.4) is 0 Å². The molecule has 0 aliphatic heterocycles. The first kappa shape index (κ1) is 21.8. The van der Waals surface area contributed by atoms with E-state index in [0.29, 0.717) is 29.5 Å². The minimum atomic E-state index is 0.278. The summed E-state index contributed by atoms with van der Waals surface area (Å²) in [4.78, 5) is 9.11. The second kappa shape index (κ2) is 9.82. The van der Waals surface area contributed by atoms with Crippen molar-refractivity contribution in [1.82, 2.24) is 24.8 Å². The van der Waals surface area contributed by atoms with Gasteiger partial charge in [-0.3, -0.25) is 0 Å². The number of likely N-dealkylation sites (N-methyl/N-ethyl adjacent to an activating group) is 1. The smallest absolute Gasteiger partial charge is 0.181 e. The van der Waals surface area contributed by atoms with Gasteiger partial charge in [0.05, 0.1) is 35.4 Å². The fourth-order valence-corrected chi connectivity index (χ4v) is 3.96. The van der Waals surface area contributed by atoms with E-state index >= 15 is 0 Å². The Morgan fingerprint density at radius 2 is 1.88 bits per heavy atom. The number of hydrogen-bond donors (Lipinski definition) is 2. The molecule has 0 saturated heterocycles. The van der Waals surface area contributed by atoms with E-state index in [9.17, 15) is 0 Å². The maximum atomic E-state index is 6.50. The van der Waals surface area contributed by atoms with Crippen LogP contribution >= 0.6 is 0 Å². The highest BCUT2D eigenvalue weighted by Gasteiger charge is 2.18. The molecule has 1 aliphatic carbocycles. The minimum absolute atomic E-state index is 0.278. The van der Waals surface area contributed by atoms with E-state index in [1.54, 1.807) is 18.1 Å². The summed E-state index contributed by atoms with van der Waals surface area (Å²) in [6, 6.07) is 13.7. The highest BCUT2D eigenvalue weighted by molar-refractivity contribution is 5.63. The summed E-state index contributed by atoms with van der Waals surface area (Å²) in [7, 11) is 1.75. The van der Waals surface area contributed by atoms with Crippen LogP contribution in [0.15, 0.2) is 54.5 Å². The van der Waals surface area contributed by atoms with Crippen molar-refractivity contribution in [3.8, 4) is 17.1 Å². The van der Waals surface area contributed by atoms with Gasteiger partial charge in [0, 0.05) is 12.6 Å². The van der Waals surface area contributed by atoms with E-state index in [1.165, 1.54) is 24.3 Å². The molecule has 1 aliphatic rings. The molecule has 0 radical (unpaired) electrons. The van der Waals surface area contributed by atoms with Crippen LogP contribution in [0.2, 0.25) is 0 Å². The van der Waals surface area contributed by atoms with Crippen molar-refractivity contribution in [2.75, 3.05) is 7.05 Å². The summed E-state index contributed by atoms with van der Waals surface area (Å²) >= 11 is 0. The molecule has 1 fully saturated rings. The summed E-state index contributed by atoms with van der Waals surface area (Å²) < 4.78 is 7.92. The molecule has 2 aromatic heterocycles. The van der Waals surface area contributed by atoms with Gasteiger partial charge in [-0.25, -0.2) is 20.5 Å². The average Bonchev–Trinajstić information content (AvgIpc) is 3.28. The zero-order valence-electron chi connectivity index (χ0n) is 18.7.